The zero-order chi connectivity index (χ0) is 13.5. The Bertz CT molecular complexity index is 316. The molecule has 0 saturated carbocycles. The van der Waals surface area contributed by atoms with Gasteiger partial charge in [-0.05, 0) is 25.2 Å². The number of unbranched alkanes of at least 4 members (excludes halogenated alkanes) is 1. The monoisotopic (exact) mass is 318 g/mol. The molecule has 0 amide bonds. The third kappa shape index (κ3) is 3.97. The molecule has 5 heteroatoms. The Balaban J connectivity index is 2.78. The molecule has 0 fully saturated rings. The maximum atomic E-state index is 5.38. The van der Waals surface area contributed by atoms with E-state index in [0.29, 0.717) is 5.92 Å². The molecule has 1 rings (SSSR count). The van der Waals surface area contributed by atoms with Crippen LogP contribution in [-0.2, 0) is 9.47 Å². The summed E-state index contributed by atoms with van der Waals surface area (Å²) in [4.78, 5) is 9.29. The van der Waals surface area contributed by atoms with Gasteiger partial charge in [0.2, 0.25) is 11.8 Å². The highest BCUT2D eigenvalue weighted by molar-refractivity contribution is 9.09. The normalized spacial score (nSPS) is 23.7. The van der Waals surface area contributed by atoms with Crippen LogP contribution in [-0.4, -0.2) is 43.4 Å². The van der Waals surface area contributed by atoms with Gasteiger partial charge < -0.3 is 9.47 Å². The molecule has 1 aliphatic heterocycles. The topological polar surface area (TPSA) is 43.2 Å². The van der Waals surface area contributed by atoms with Gasteiger partial charge in [0.25, 0.3) is 0 Å². The van der Waals surface area contributed by atoms with E-state index in [9.17, 15) is 0 Å². The Hall–Kier alpha value is -0.580. The molecule has 2 unspecified atom stereocenters. The summed E-state index contributed by atoms with van der Waals surface area (Å²) >= 11 is 3.44. The average Bonchev–Trinajstić information content (AvgIpc) is 2.38. The third-order valence-electron chi connectivity index (χ3n) is 3.00. The molecule has 0 aromatic rings. The first kappa shape index (κ1) is 15.5. The summed E-state index contributed by atoms with van der Waals surface area (Å²) in [7, 11) is 3.33. The zero-order valence-electron chi connectivity index (χ0n) is 11.6. The first-order valence-corrected chi connectivity index (χ1v) is 7.55. The largest absolute Gasteiger partial charge is 0.483 e. The fourth-order valence-corrected chi connectivity index (χ4v) is 2.38. The lowest BCUT2D eigenvalue weighted by Crippen LogP contribution is -2.37. The molecule has 1 aliphatic rings. The first-order chi connectivity index (χ1) is 8.63. The Kier molecular flexibility index (Phi) is 6.68. The summed E-state index contributed by atoms with van der Waals surface area (Å²) in [5, 5.41) is 1.02. The average molecular weight is 319 g/mol. The zero-order valence-corrected chi connectivity index (χ0v) is 13.2. The minimum absolute atomic E-state index is 0.0130. The quantitative estimate of drug-likeness (QED) is 0.577. The summed E-state index contributed by atoms with van der Waals surface area (Å²) in [6.45, 7) is 4.22. The van der Waals surface area contributed by atoms with Crippen molar-refractivity contribution < 1.29 is 9.47 Å². The SMILES string of the molecule is COC1=NC(C(C)C)C(OC)=NC1CCCCBr. The molecule has 0 aromatic heterocycles. The Morgan fingerprint density at radius 1 is 1.11 bits per heavy atom. The van der Waals surface area contributed by atoms with Crippen LogP contribution in [0.1, 0.15) is 33.1 Å². The molecule has 104 valence electrons. The molecule has 1 heterocycles. The van der Waals surface area contributed by atoms with Crippen LogP contribution in [0.5, 0.6) is 0 Å². The number of hydrogen-bond donors (Lipinski definition) is 0. The number of rotatable bonds is 5. The molecule has 0 aromatic carbocycles. The van der Waals surface area contributed by atoms with Gasteiger partial charge in [0.1, 0.15) is 12.1 Å². The van der Waals surface area contributed by atoms with Gasteiger partial charge in [-0.1, -0.05) is 29.8 Å². The fraction of sp³-hybridized carbons (Fsp3) is 0.846. The van der Waals surface area contributed by atoms with Crippen molar-refractivity contribution in [1.82, 2.24) is 0 Å². The van der Waals surface area contributed by atoms with Crippen molar-refractivity contribution in [1.29, 1.82) is 0 Å². The highest BCUT2D eigenvalue weighted by Crippen LogP contribution is 2.20. The van der Waals surface area contributed by atoms with Gasteiger partial charge in [-0.15, -0.1) is 0 Å². The van der Waals surface area contributed by atoms with Gasteiger partial charge in [-0.3, -0.25) is 0 Å². The molecule has 4 nitrogen and oxygen atoms in total. The lowest BCUT2D eigenvalue weighted by molar-refractivity contribution is 0.330. The van der Waals surface area contributed by atoms with E-state index in [1.54, 1.807) is 14.2 Å². The number of hydrogen-bond acceptors (Lipinski definition) is 4. The minimum Gasteiger partial charge on any atom is -0.483 e. The number of halogens is 1. The van der Waals surface area contributed by atoms with Crippen LogP contribution in [0.25, 0.3) is 0 Å². The van der Waals surface area contributed by atoms with E-state index in [1.807, 2.05) is 0 Å². The maximum Gasteiger partial charge on any atom is 0.209 e. The number of aliphatic imine (C=N–C) groups is 2. The van der Waals surface area contributed by atoms with Crippen molar-refractivity contribution in [3.05, 3.63) is 0 Å². The van der Waals surface area contributed by atoms with E-state index in [4.69, 9.17) is 9.47 Å². The van der Waals surface area contributed by atoms with Crippen LogP contribution in [0.3, 0.4) is 0 Å². The van der Waals surface area contributed by atoms with Gasteiger partial charge in [0.05, 0.1) is 14.2 Å². The molecular formula is C13H23BrN2O2. The molecule has 0 N–H and O–H groups in total. The van der Waals surface area contributed by atoms with Gasteiger partial charge in [-0.2, -0.15) is 0 Å². The highest BCUT2D eigenvalue weighted by atomic mass is 79.9. The molecule has 2 atom stereocenters. The van der Waals surface area contributed by atoms with Gasteiger partial charge in [-0.25, -0.2) is 9.98 Å². The smallest absolute Gasteiger partial charge is 0.209 e. The van der Waals surface area contributed by atoms with Crippen molar-refractivity contribution >= 4 is 27.7 Å². The van der Waals surface area contributed by atoms with Crippen LogP contribution in [0.2, 0.25) is 0 Å². The van der Waals surface area contributed by atoms with Gasteiger partial charge >= 0.3 is 0 Å². The molecule has 0 spiro atoms. The fourth-order valence-electron chi connectivity index (χ4n) is 1.98. The van der Waals surface area contributed by atoms with Crippen molar-refractivity contribution in [2.75, 3.05) is 19.5 Å². The highest BCUT2D eigenvalue weighted by Gasteiger charge is 2.30. The van der Waals surface area contributed by atoms with Crippen LogP contribution < -0.4 is 0 Å². The summed E-state index contributed by atoms with van der Waals surface area (Å²) in [5.74, 6) is 1.83. The van der Waals surface area contributed by atoms with E-state index in [2.05, 4.69) is 39.8 Å². The summed E-state index contributed by atoms with van der Waals surface area (Å²) in [6.07, 6.45) is 3.19. The molecule has 0 saturated heterocycles. The van der Waals surface area contributed by atoms with Crippen molar-refractivity contribution in [2.45, 2.75) is 45.2 Å². The Labute approximate surface area is 118 Å². The molecule has 0 radical (unpaired) electrons. The summed E-state index contributed by atoms with van der Waals surface area (Å²) in [6, 6.07) is -0.00336. The van der Waals surface area contributed by atoms with E-state index < -0.39 is 0 Å². The molecular weight excluding hydrogens is 296 g/mol. The van der Waals surface area contributed by atoms with Crippen LogP contribution >= 0.6 is 15.9 Å². The number of nitrogens with zero attached hydrogens (tertiary/aromatic N) is 2. The maximum absolute atomic E-state index is 5.38. The van der Waals surface area contributed by atoms with E-state index in [-0.39, 0.29) is 12.1 Å². The Morgan fingerprint density at radius 2 is 1.78 bits per heavy atom. The number of methoxy groups -OCH3 is 2. The van der Waals surface area contributed by atoms with Crippen molar-refractivity contribution in [2.24, 2.45) is 15.9 Å². The molecule has 0 bridgehead atoms. The second-order valence-corrected chi connectivity index (χ2v) is 5.53. The second kappa shape index (κ2) is 7.77. The predicted octanol–water partition coefficient (Wildman–Crippen LogP) is 3.05. The lowest BCUT2D eigenvalue weighted by atomic mass is 10.0. The second-order valence-electron chi connectivity index (χ2n) is 4.73. The Morgan fingerprint density at radius 3 is 2.28 bits per heavy atom. The lowest BCUT2D eigenvalue weighted by Gasteiger charge is -2.27. The van der Waals surface area contributed by atoms with E-state index in [1.165, 1.54) is 0 Å². The number of alkyl halides is 1. The van der Waals surface area contributed by atoms with Gasteiger partial charge in [0.15, 0.2) is 0 Å². The first-order valence-electron chi connectivity index (χ1n) is 6.43. The standard InChI is InChI=1S/C13H23BrN2O2/c1-9(2)11-13(18-4)15-10(7-5-6-8-14)12(16-11)17-3/h9-11H,5-8H2,1-4H3. The predicted molar refractivity (Wildman–Crippen MR) is 78.9 cm³/mol. The van der Waals surface area contributed by atoms with Crippen molar-refractivity contribution in [3.63, 3.8) is 0 Å². The van der Waals surface area contributed by atoms with Crippen LogP contribution in [0.15, 0.2) is 9.98 Å². The van der Waals surface area contributed by atoms with Gasteiger partial charge in [0, 0.05) is 5.33 Å². The van der Waals surface area contributed by atoms with Crippen LogP contribution in [0.4, 0.5) is 0 Å². The van der Waals surface area contributed by atoms with E-state index in [0.717, 1.165) is 36.4 Å². The molecule has 18 heavy (non-hydrogen) atoms. The van der Waals surface area contributed by atoms with Crippen LogP contribution in [0, 0.1) is 5.92 Å². The summed E-state index contributed by atoms with van der Waals surface area (Å²) < 4.78 is 10.8. The van der Waals surface area contributed by atoms with E-state index >= 15 is 0 Å². The van der Waals surface area contributed by atoms with Crippen molar-refractivity contribution in [3.8, 4) is 0 Å². The molecule has 0 aliphatic carbocycles. The summed E-state index contributed by atoms with van der Waals surface area (Å²) in [5.41, 5.74) is 0. The minimum atomic E-state index is -0.0163. The number of ether oxygens (including phenoxy) is 2. The third-order valence-corrected chi connectivity index (χ3v) is 3.56.